The van der Waals surface area contributed by atoms with E-state index in [1.807, 2.05) is 0 Å². The van der Waals surface area contributed by atoms with Gasteiger partial charge in [-0.1, -0.05) is 60.7 Å². The van der Waals surface area contributed by atoms with Gasteiger partial charge in [0.15, 0.2) is 0 Å². The predicted molar refractivity (Wildman–Crippen MR) is 97.0 cm³/mol. The second kappa shape index (κ2) is 7.62. The van der Waals surface area contributed by atoms with Gasteiger partial charge in [-0.15, -0.1) is 0 Å². The third kappa shape index (κ3) is 4.42. The number of para-hydroxylation sites is 1. The van der Waals surface area contributed by atoms with Gasteiger partial charge in [-0.3, -0.25) is 4.79 Å². The Labute approximate surface area is 161 Å². The van der Waals surface area contributed by atoms with Gasteiger partial charge in [-0.2, -0.15) is 26.3 Å². The molecule has 0 atom stereocenters. The van der Waals surface area contributed by atoms with E-state index in [9.17, 15) is 31.1 Å². The molecule has 0 radical (unpaired) electrons. The molecule has 3 rings (SSSR count). The molecule has 3 aromatic carbocycles. The fourth-order valence-electron chi connectivity index (χ4n) is 2.95. The van der Waals surface area contributed by atoms with Crippen LogP contribution in [0.2, 0.25) is 0 Å². The fraction of sp³-hybridized carbons (Fsp3) is 0.0952. The highest BCUT2D eigenvalue weighted by molar-refractivity contribution is 6.00. The summed E-state index contributed by atoms with van der Waals surface area (Å²) >= 11 is 0. The highest BCUT2D eigenvalue weighted by Crippen LogP contribution is 2.44. The molecule has 0 saturated heterocycles. The second-order valence-electron chi connectivity index (χ2n) is 6.09. The maximum absolute atomic E-state index is 13.7. The summed E-state index contributed by atoms with van der Waals surface area (Å²) in [5.74, 6) is -2.21. The third-order valence-corrected chi connectivity index (χ3v) is 4.16. The van der Waals surface area contributed by atoms with Gasteiger partial charge in [0.05, 0.1) is 5.56 Å². The maximum Gasteiger partial charge on any atom is 0.471 e. The summed E-state index contributed by atoms with van der Waals surface area (Å²) in [7, 11) is 0. The first-order chi connectivity index (χ1) is 13.6. The number of amides is 1. The lowest BCUT2D eigenvalue weighted by Crippen LogP contribution is -2.30. The normalized spacial score (nSPS) is 11.9. The summed E-state index contributed by atoms with van der Waals surface area (Å²) in [6.45, 7) is 0. The molecule has 0 spiro atoms. The summed E-state index contributed by atoms with van der Waals surface area (Å²) in [6.07, 6.45) is -9.82. The molecular weight excluding hydrogens is 396 g/mol. The van der Waals surface area contributed by atoms with Crippen LogP contribution in [0.1, 0.15) is 5.56 Å². The Balaban J connectivity index is 2.25. The molecule has 0 unspecified atom stereocenters. The van der Waals surface area contributed by atoms with E-state index >= 15 is 0 Å². The number of benzene rings is 3. The highest BCUT2D eigenvalue weighted by Gasteiger charge is 2.39. The molecule has 0 aliphatic rings. The first-order valence-electron chi connectivity index (χ1n) is 8.32. The van der Waals surface area contributed by atoms with Gasteiger partial charge < -0.3 is 5.32 Å². The van der Waals surface area contributed by atoms with Crippen molar-refractivity contribution in [3.8, 4) is 22.3 Å². The number of hydrogen-bond donors (Lipinski definition) is 1. The molecule has 150 valence electrons. The van der Waals surface area contributed by atoms with E-state index in [0.29, 0.717) is 0 Å². The standard InChI is InChI=1S/C21H13F6NO/c22-20(23,24)16-11-6-10-15(18(16)13-7-2-1-3-8-13)14-9-4-5-12-17(14)28-19(29)21(25,26)27/h1-12H,(H,28,29). The zero-order valence-electron chi connectivity index (χ0n) is 14.6. The first kappa shape index (κ1) is 20.4. The zero-order valence-corrected chi connectivity index (χ0v) is 14.6. The Morgan fingerprint density at radius 3 is 1.90 bits per heavy atom. The van der Waals surface area contributed by atoms with Crippen molar-refractivity contribution in [2.24, 2.45) is 0 Å². The number of halogens is 6. The van der Waals surface area contributed by atoms with Gasteiger partial charge in [-0.05, 0) is 23.3 Å². The minimum atomic E-state index is -5.14. The molecule has 3 aromatic rings. The van der Waals surface area contributed by atoms with Crippen molar-refractivity contribution >= 4 is 11.6 Å². The molecular formula is C21H13F6NO. The fourth-order valence-corrected chi connectivity index (χ4v) is 2.95. The number of hydrogen-bond acceptors (Lipinski definition) is 1. The van der Waals surface area contributed by atoms with Crippen molar-refractivity contribution in [2.75, 3.05) is 5.32 Å². The van der Waals surface area contributed by atoms with Gasteiger partial charge in [0.1, 0.15) is 0 Å². The Kier molecular flexibility index (Phi) is 5.37. The van der Waals surface area contributed by atoms with Crippen molar-refractivity contribution in [3.05, 3.63) is 78.4 Å². The molecule has 0 aromatic heterocycles. The largest absolute Gasteiger partial charge is 0.471 e. The Morgan fingerprint density at radius 2 is 1.28 bits per heavy atom. The number of alkyl halides is 6. The van der Waals surface area contributed by atoms with E-state index in [0.717, 1.165) is 6.07 Å². The average molecular weight is 409 g/mol. The Morgan fingerprint density at radius 1 is 0.690 bits per heavy atom. The molecule has 1 amide bonds. The summed E-state index contributed by atoms with van der Waals surface area (Å²) in [4.78, 5) is 11.4. The number of rotatable bonds is 3. The van der Waals surface area contributed by atoms with Gasteiger partial charge in [0.25, 0.3) is 0 Å². The van der Waals surface area contributed by atoms with Crippen LogP contribution in [0, 0.1) is 0 Å². The summed E-state index contributed by atoms with van der Waals surface area (Å²) in [5, 5.41) is 1.74. The summed E-state index contributed by atoms with van der Waals surface area (Å²) in [6, 6.07) is 16.6. The molecule has 0 heterocycles. The monoisotopic (exact) mass is 409 g/mol. The van der Waals surface area contributed by atoms with Crippen LogP contribution in [-0.2, 0) is 11.0 Å². The van der Waals surface area contributed by atoms with Crippen molar-refractivity contribution < 1.29 is 31.1 Å². The molecule has 2 nitrogen and oxygen atoms in total. The molecule has 0 aliphatic carbocycles. The molecule has 0 aliphatic heterocycles. The van der Waals surface area contributed by atoms with Crippen LogP contribution in [-0.4, -0.2) is 12.1 Å². The first-order valence-corrected chi connectivity index (χ1v) is 8.32. The molecule has 0 bridgehead atoms. The van der Waals surface area contributed by atoms with Crippen molar-refractivity contribution in [1.29, 1.82) is 0 Å². The Hall–Kier alpha value is -3.29. The lowest BCUT2D eigenvalue weighted by atomic mass is 9.89. The van der Waals surface area contributed by atoms with Gasteiger partial charge >= 0.3 is 18.3 Å². The van der Waals surface area contributed by atoms with Crippen LogP contribution in [0.3, 0.4) is 0 Å². The van der Waals surface area contributed by atoms with Crippen LogP contribution >= 0.6 is 0 Å². The lowest BCUT2D eigenvalue weighted by Gasteiger charge is -2.19. The van der Waals surface area contributed by atoms with Crippen LogP contribution in [0.4, 0.5) is 32.0 Å². The average Bonchev–Trinajstić information content (AvgIpc) is 2.67. The quantitative estimate of drug-likeness (QED) is 0.489. The van der Waals surface area contributed by atoms with Crippen LogP contribution in [0.15, 0.2) is 72.8 Å². The van der Waals surface area contributed by atoms with E-state index in [2.05, 4.69) is 0 Å². The summed E-state index contributed by atoms with van der Waals surface area (Å²) < 4.78 is 79.1. The molecule has 8 heteroatoms. The van der Waals surface area contributed by atoms with Crippen LogP contribution in [0.5, 0.6) is 0 Å². The second-order valence-corrected chi connectivity index (χ2v) is 6.09. The number of carbonyl (C=O) groups excluding carboxylic acids is 1. The molecule has 29 heavy (non-hydrogen) atoms. The van der Waals surface area contributed by atoms with E-state index < -0.39 is 23.8 Å². The maximum atomic E-state index is 13.7. The molecule has 0 saturated carbocycles. The van der Waals surface area contributed by atoms with Crippen molar-refractivity contribution in [2.45, 2.75) is 12.4 Å². The number of anilines is 1. The SMILES string of the molecule is O=C(Nc1ccccc1-c1cccc(C(F)(F)F)c1-c1ccccc1)C(F)(F)F. The number of nitrogens with one attached hydrogen (secondary N) is 1. The Bertz CT molecular complexity index is 1030. The smallest absolute Gasteiger partial charge is 0.318 e. The van der Waals surface area contributed by atoms with E-state index in [1.165, 1.54) is 48.5 Å². The predicted octanol–water partition coefficient (Wildman–Crippen LogP) is 6.54. The minimum Gasteiger partial charge on any atom is -0.318 e. The van der Waals surface area contributed by atoms with Crippen LogP contribution < -0.4 is 5.32 Å². The van der Waals surface area contributed by atoms with Gasteiger partial charge in [-0.25, -0.2) is 0 Å². The third-order valence-electron chi connectivity index (χ3n) is 4.16. The van der Waals surface area contributed by atoms with Crippen molar-refractivity contribution in [3.63, 3.8) is 0 Å². The lowest BCUT2D eigenvalue weighted by molar-refractivity contribution is -0.167. The molecule has 0 fully saturated rings. The van der Waals surface area contributed by atoms with E-state index in [1.54, 1.807) is 23.5 Å². The van der Waals surface area contributed by atoms with E-state index in [-0.39, 0.29) is 27.9 Å². The van der Waals surface area contributed by atoms with Gasteiger partial charge in [0, 0.05) is 16.8 Å². The zero-order chi connectivity index (χ0) is 21.2. The van der Waals surface area contributed by atoms with Gasteiger partial charge in [0.2, 0.25) is 0 Å². The molecule has 1 N–H and O–H groups in total. The topological polar surface area (TPSA) is 29.1 Å². The summed E-state index contributed by atoms with van der Waals surface area (Å²) in [5.41, 5.74) is -1.04. The van der Waals surface area contributed by atoms with Crippen LogP contribution in [0.25, 0.3) is 22.3 Å². The highest BCUT2D eigenvalue weighted by atomic mass is 19.4. The van der Waals surface area contributed by atoms with Crippen molar-refractivity contribution in [1.82, 2.24) is 0 Å². The minimum absolute atomic E-state index is 0.0371. The van der Waals surface area contributed by atoms with E-state index in [4.69, 9.17) is 0 Å². The number of carbonyl (C=O) groups is 1.